The van der Waals surface area contributed by atoms with Gasteiger partial charge in [-0.25, -0.2) is 0 Å². The maximum Gasteiger partial charge on any atom is 0.233 e. The Kier molecular flexibility index (Phi) is 4.60. The molecule has 0 aliphatic rings. The van der Waals surface area contributed by atoms with Crippen LogP contribution in [0, 0.1) is 13.8 Å². The molecule has 1 atom stereocenters. The molecule has 2 rings (SSSR count). The van der Waals surface area contributed by atoms with E-state index in [1.807, 2.05) is 37.3 Å². The van der Waals surface area contributed by atoms with Gasteiger partial charge in [0, 0.05) is 12.2 Å². The number of anilines is 1. The molecule has 0 fully saturated rings. The fourth-order valence-corrected chi connectivity index (χ4v) is 2.24. The van der Waals surface area contributed by atoms with Crippen LogP contribution in [0.15, 0.2) is 42.5 Å². The Bertz CT molecular complexity index is 639. The van der Waals surface area contributed by atoms with Gasteiger partial charge in [0.15, 0.2) is 0 Å². The van der Waals surface area contributed by atoms with Gasteiger partial charge in [0.25, 0.3) is 0 Å². The van der Waals surface area contributed by atoms with E-state index in [0.29, 0.717) is 5.69 Å². The second-order valence-electron chi connectivity index (χ2n) is 5.14. The molecule has 0 aliphatic carbocycles. The molecule has 2 aromatic carbocycles. The van der Waals surface area contributed by atoms with Crippen molar-refractivity contribution in [3.63, 3.8) is 0 Å². The minimum Gasteiger partial charge on any atom is -0.508 e. The van der Waals surface area contributed by atoms with Crippen molar-refractivity contribution in [2.45, 2.75) is 19.8 Å². The highest BCUT2D eigenvalue weighted by atomic mass is 16.3. The zero-order chi connectivity index (χ0) is 15.4. The third-order valence-electron chi connectivity index (χ3n) is 3.55. The summed E-state index contributed by atoms with van der Waals surface area (Å²) in [6.07, 6.45) is 0. The summed E-state index contributed by atoms with van der Waals surface area (Å²) in [5.74, 6) is -0.305. The van der Waals surface area contributed by atoms with Crippen LogP contribution in [-0.2, 0) is 4.79 Å². The van der Waals surface area contributed by atoms with E-state index in [1.165, 1.54) is 0 Å². The number of hydrogen-bond acceptors (Lipinski definition) is 3. The molecule has 0 heterocycles. The molecule has 1 unspecified atom stereocenters. The summed E-state index contributed by atoms with van der Waals surface area (Å²) in [5, 5.41) is 12.6. The SMILES string of the molecule is Cc1cc(NC(=O)C(CN)c2ccccc2)c(C)cc1O. The van der Waals surface area contributed by atoms with E-state index >= 15 is 0 Å². The van der Waals surface area contributed by atoms with Crippen molar-refractivity contribution in [2.75, 3.05) is 11.9 Å². The van der Waals surface area contributed by atoms with E-state index in [4.69, 9.17) is 5.73 Å². The van der Waals surface area contributed by atoms with E-state index in [1.54, 1.807) is 19.1 Å². The maximum atomic E-state index is 12.4. The second-order valence-corrected chi connectivity index (χ2v) is 5.14. The predicted molar refractivity (Wildman–Crippen MR) is 84.4 cm³/mol. The highest BCUT2D eigenvalue weighted by molar-refractivity contribution is 5.96. The quantitative estimate of drug-likeness (QED) is 0.756. The van der Waals surface area contributed by atoms with Crippen LogP contribution in [0.2, 0.25) is 0 Å². The lowest BCUT2D eigenvalue weighted by Gasteiger charge is -2.17. The summed E-state index contributed by atoms with van der Waals surface area (Å²) in [4.78, 5) is 12.4. The van der Waals surface area contributed by atoms with Gasteiger partial charge in [0.2, 0.25) is 5.91 Å². The summed E-state index contributed by atoms with van der Waals surface area (Å²) in [7, 11) is 0. The number of carbonyl (C=O) groups is 1. The molecule has 1 amide bonds. The lowest BCUT2D eigenvalue weighted by atomic mass is 9.98. The van der Waals surface area contributed by atoms with Crippen LogP contribution >= 0.6 is 0 Å². The zero-order valence-electron chi connectivity index (χ0n) is 12.3. The molecule has 4 nitrogen and oxygen atoms in total. The Balaban J connectivity index is 2.23. The summed E-state index contributed by atoms with van der Waals surface area (Å²) in [6, 6.07) is 12.9. The van der Waals surface area contributed by atoms with E-state index in [-0.39, 0.29) is 24.1 Å². The van der Waals surface area contributed by atoms with Crippen molar-refractivity contribution in [1.82, 2.24) is 0 Å². The van der Waals surface area contributed by atoms with Crippen molar-refractivity contribution in [2.24, 2.45) is 5.73 Å². The minimum absolute atomic E-state index is 0.142. The van der Waals surface area contributed by atoms with Crippen LogP contribution in [0.25, 0.3) is 0 Å². The number of aryl methyl sites for hydroxylation is 2. The molecule has 0 bridgehead atoms. The van der Waals surface area contributed by atoms with Crippen molar-refractivity contribution in [1.29, 1.82) is 0 Å². The second kappa shape index (κ2) is 6.41. The third-order valence-corrected chi connectivity index (χ3v) is 3.55. The van der Waals surface area contributed by atoms with Crippen molar-refractivity contribution >= 4 is 11.6 Å². The first-order chi connectivity index (χ1) is 10.0. The van der Waals surface area contributed by atoms with Gasteiger partial charge in [0.05, 0.1) is 5.92 Å². The lowest BCUT2D eigenvalue weighted by Crippen LogP contribution is -2.27. The number of nitrogens with one attached hydrogen (secondary N) is 1. The fraction of sp³-hybridized carbons (Fsp3) is 0.235. The number of nitrogens with two attached hydrogens (primary N) is 1. The number of phenolic OH excluding ortho intramolecular Hbond substituents is 1. The molecule has 0 aromatic heterocycles. The number of hydrogen-bond donors (Lipinski definition) is 3. The van der Waals surface area contributed by atoms with Crippen LogP contribution in [0.5, 0.6) is 5.75 Å². The fourth-order valence-electron chi connectivity index (χ4n) is 2.24. The van der Waals surface area contributed by atoms with Crippen LogP contribution < -0.4 is 11.1 Å². The highest BCUT2D eigenvalue weighted by Gasteiger charge is 2.19. The lowest BCUT2D eigenvalue weighted by molar-refractivity contribution is -0.117. The Morgan fingerprint density at radius 3 is 2.48 bits per heavy atom. The molecule has 110 valence electrons. The molecule has 0 saturated heterocycles. The van der Waals surface area contributed by atoms with Gasteiger partial charge in [-0.15, -0.1) is 0 Å². The van der Waals surface area contributed by atoms with E-state index < -0.39 is 0 Å². The number of aromatic hydroxyl groups is 1. The van der Waals surface area contributed by atoms with Crippen LogP contribution in [-0.4, -0.2) is 17.6 Å². The highest BCUT2D eigenvalue weighted by Crippen LogP contribution is 2.26. The zero-order valence-corrected chi connectivity index (χ0v) is 12.3. The standard InChI is InChI=1S/C17H20N2O2/c1-11-9-16(20)12(2)8-15(11)19-17(21)14(10-18)13-6-4-3-5-7-13/h3-9,14,20H,10,18H2,1-2H3,(H,19,21). The molecule has 0 aliphatic heterocycles. The predicted octanol–water partition coefficient (Wildman–Crippen LogP) is 2.69. The monoisotopic (exact) mass is 284 g/mol. The van der Waals surface area contributed by atoms with E-state index in [2.05, 4.69) is 5.32 Å². The van der Waals surface area contributed by atoms with Crippen LogP contribution in [0.4, 0.5) is 5.69 Å². The molecule has 0 spiro atoms. The topological polar surface area (TPSA) is 75.4 Å². The summed E-state index contributed by atoms with van der Waals surface area (Å²) in [6.45, 7) is 3.88. The number of rotatable bonds is 4. The Labute approximate surface area is 124 Å². The van der Waals surface area contributed by atoms with Crippen molar-refractivity contribution < 1.29 is 9.90 Å². The molecule has 0 radical (unpaired) electrons. The first-order valence-corrected chi connectivity index (χ1v) is 6.89. The number of benzene rings is 2. The third kappa shape index (κ3) is 3.41. The Morgan fingerprint density at radius 2 is 1.86 bits per heavy atom. The molecule has 0 saturated carbocycles. The number of phenols is 1. The van der Waals surface area contributed by atoms with Crippen LogP contribution in [0.3, 0.4) is 0 Å². The normalized spacial score (nSPS) is 12.0. The average molecular weight is 284 g/mol. The molecule has 4 heteroatoms. The maximum absolute atomic E-state index is 12.4. The van der Waals surface area contributed by atoms with Gasteiger partial charge in [-0.05, 0) is 42.7 Å². The van der Waals surface area contributed by atoms with Crippen molar-refractivity contribution in [3.8, 4) is 5.75 Å². The largest absolute Gasteiger partial charge is 0.508 e. The summed E-state index contributed by atoms with van der Waals surface area (Å²) in [5.41, 5.74) is 8.88. The first-order valence-electron chi connectivity index (χ1n) is 6.89. The smallest absolute Gasteiger partial charge is 0.233 e. The molecule has 21 heavy (non-hydrogen) atoms. The summed E-state index contributed by atoms with van der Waals surface area (Å²) >= 11 is 0. The number of amides is 1. The van der Waals surface area contributed by atoms with Gasteiger partial charge in [-0.3, -0.25) is 4.79 Å². The number of carbonyl (C=O) groups excluding carboxylic acids is 1. The Morgan fingerprint density at radius 1 is 1.19 bits per heavy atom. The molecule has 4 N–H and O–H groups in total. The minimum atomic E-state index is -0.389. The molecular formula is C17H20N2O2. The van der Waals surface area contributed by atoms with E-state index in [0.717, 1.165) is 16.7 Å². The van der Waals surface area contributed by atoms with Crippen LogP contribution in [0.1, 0.15) is 22.6 Å². The average Bonchev–Trinajstić information content (AvgIpc) is 2.46. The van der Waals surface area contributed by atoms with Gasteiger partial charge < -0.3 is 16.2 Å². The van der Waals surface area contributed by atoms with Gasteiger partial charge in [0.1, 0.15) is 5.75 Å². The van der Waals surface area contributed by atoms with Gasteiger partial charge in [-0.2, -0.15) is 0 Å². The van der Waals surface area contributed by atoms with Crippen molar-refractivity contribution in [3.05, 3.63) is 59.2 Å². The molecule has 2 aromatic rings. The van der Waals surface area contributed by atoms with E-state index in [9.17, 15) is 9.90 Å². The first kappa shape index (κ1) is 15.1. The Hall–Kier alpha value is -2.33. The summed E-state index contributed by atoms with van der Waals surface area (Å²) < 4.78 is 0. The van der Waals surface area contributed by atoms with Gasteiger partial charge in [-0.1, -0.05) is 30.3 Å². The van der Waals surface area contributed by atoms with Gasteiger partial charge >= 0.3 is 0 Å². The molecular weight excluding hydrogens is 264 g/mol.